The second-order valence-corrected chi connectivity index (χ2v) is 18.2. The van der Waals surface area contributed by atoms with E-state index < -0.39 is 16.6 Å². The number of rotatable bonds is 10. The third-order valence-electron chi connectivity index (χ3n) is 5.21. The molecule has 0 saturated carbocycles. The van der Waals surface area contributed by atoms with E-state index in [0.717, 1.165) is 0 Å². The fourth-order valence-corrected chi connectivity index (χ4v) is 12.9. The average molecular weight is 399 g/mol. The van der Waals surface area contributed by atoms with Crippen LogP contribution in [0.3, 0.4) is 0 Å². The van der Waals surface area contributed by atoms with E-state index in [1.165, 1.54) is 60.0 Å². The molecule has 3 heteroatoms. The van der Waals surface area contributed by atoms with Crippen molar-refractivity contribution >= 4 is 16.6 Å². The van der Waals surface area contributed by atoms with Crippen molar-refractivity contribution in [2.75, 3.05) is 0 Å². The SMILES string of the molecule is Cc1cccc(CCC[Si](C)(C)O[Si](C)(C)CCCc2cccc(C)c2)c1. The molecular weight excluding hydrogens is 360 g/mol. The molecule has 0 fully saturated rings. The molecule has 0 heterocycles. The molecular formula is C24H38OSi2. The Morgan fingerprint density at radius 3 is 1.44 bits per heavy atom. The molecule has 0 bridgehead atoms. The van der Waals surface area contributed by atoms with Crippen LogP contribution in [0.15, 0.2) is 48.5 Å². The fraction of sp³-hybridized carbons (Fsp3) is 0.500. The summed E-state index contributed by atoms with van der Waals surface area (Å²) in [6.07, 6.45) is 4.85. The van der Waals surface area contributed by atoms with Crippen LogP contribution >= 0.6 is 0 Å². The molecule has 0 N–H and O–H groups in total. The highest BCUT2D eigenvalue weighted by molar-refractivity contribution is 6.84. The van der Waals surface area contributed by atoms with Crippen LogP contribution < -0.4 is 0 Å². The van der Waals surface area contributed by atoms with Crippen LogP contribution in [-0.4, -0.2) is 16.6 Å². The third-order valence-corrected chi connectivity index (χ3v) is 12.7. The number of benzene rings is 2. The summed E-state index contributed by atoms with van der Waals surface area (Å²) in [6.45, 7) is 14.0. The van der Waals surface area contributed by atoms with E-state index in [2.05, 4.69) is 88.6 Å². The van der Waals surface area contributed by atoms with Crippen molar-refractivity contribution in [1.82, 2.24) is 0 Å². The molecule has 0 aliphatic heterocycles. The van der Waals surface area contributed by atoms with Crippen molar-refractivity contribution in [3.05, 3.63) is 70.8 Å². The lowest BCUT2D eigenvalue weighted by Crippen LogP contribution is -2.44. The van der Waals surface area contributed by atoms with Gasteiger partial charge in [0.2, 0.25) is 0 Å². The minimum atomic E-state index is -1.58. The Kier molecular flexibility index (Phi) is 8.08. The second-order valence-electron chi connectivity index (χ2n) is 9.31. The number of hydrogen-bond donors (Lipinski definition) is 0. The lowest BCUT2D eigenvalue weighted by Gasteiger charge is -2.34. The smallest absolute Gasteiger partial charge is 0.173 e. The van der Waals surface area contributed by atoms with Crippen molar-refractivity contribution < 1.29 is 4.12 Å². The molecule has 0 atom stereocenters. The van der Waals surface area contributed by atoms with Gasteiger partial charge in [-0.1, -0.05) is 59.7 Å². The molecule has 2 aromatic carbocycles. The Bertz CT molecular complexity index is 660. The van der Waals surface area contributed by atoms with Crippen LogP contribution in [0, 0.1) is 13.8 Å². The van der Waals surface area contributed by atoms with Crippen molar-refractivity contribution in [3.63, 3.8) is 0 Å². The van der Waals surface area contributed by atoms with Crippen LogP contribution in [0.2, 0.25) is 38.3 Å². The van der Waals surface area contributed by atoms with E-state index in [4.69, 9.17) is 4.12 Å². The molecule has 0 aliphatic carbocycles. The molecule has 0 spiro atoms. The third kappa shape index (κ3) is 8.59. The summed E-state index contributed by atoms with van der Waals surface area (Å²) in [7, 11) is -3.17. The van der Waals surface area contributed by atoms with E-state index in [0.29, 0.717) is 0 Å². The van der Waals surface area contributed by atoms with Gasteiger partial charge in [0.1, 0.15) is 0 Å². The number of hydrogen-bond acceptors (Lipinski definition) is 1. The summed E-state index contributed by atoms with van der Waals surface area (Å²) in [5, 5.41) is 0. The van der Waals surface area contributed by atoms with Crippen LogP contribution in [0.4, 0.5) is 0 Å². The Balaban J connectivity index is 1.76. The van der Waals surface area contributed by atoms with Crippen molar-refractivity contribution in [3.8, 4) is 0 Å². The van der Waals surface area contributed by atoms with Gasteiger partial charge in [-0.05, 0) is 88.9 Å². The van der Waals surface area contributed by atoms with Gasteiger partial charge in [-0.3, -0.25) is 0 Å². The maximum absolute atomic E-state index is 6.83. The average Bonchev–Trinajstić information content (AvgIpc) is 2.53. The topological polar surface area (TPSA) is 9.23 Å². The summed E-state index contributed by atoms with van der Waals surface area (Å²) >= 11 is 0. The molecule has 27 heavy (non-hydrogen) atoms. The first-order chi connectivity index (χ1) is 12.7. The first kappa shape index (κ1) is 22.1. The van der Waals surface area contributed by atoms with E-state index in [-0.39, 0.29) is 0 Å². The molecule has 0 radical (unpaired) electrons. The fourth-order valence-electron chi connectivity index (χ4n) is 4.02. The van der Waals surface area contributed by atoms with Gasteiger partial charge in [0.15, 0.2) is 16.6 Å². The van der Waals surface area contributed by atoms with Crippen LogP contribution in [-0.2, 0) is 17.0 Å². The molecule has 0 aliphatic rings. The summed E-state index contributed by atoms with van der Waals surface area (Å²) in [5.41, 5.74) is 5.66. The normalized spacial score (nSPS) is 12.4. The van der Waals surface area contributed by atoms with E-state index in [1.807, 2.05) is 0 Å². The van der Waals surface area contributed by atoms with Gasteiger partial charge in [0.05, 0.1) is 0 Å². The molecule has 2 aromatic rings. The zero-order chi connectivity index (χ0) is 19.9. The molecule has 0 aromatic heterocycles. The molecule has 0 unspecified atom stereocenters. The Labute approximate surface area is 169 Å². The van der Waals surface area contributed by atoms with Gasteiger partial charge in [0, 0.05) is 0 Å². The van der Waals surface area contributed by atoms with Gasteiger partial charge < -0.3 is 4.12 Å². The van der Waals surface area contributed by atoms with E-state index in [9.17, 15) is 0 Å². The summed E-state index contributed by atoms with van der Waals surface area (Å²) in [5.74, 6) is 0. The molecule has 2 rings (SSSR count). The van der Waals surface area contributed by atoms with E-state index in [1.54, 1.807) is 0 Å². The summed E-state index contributed by atoms with van der Waals surface area (Å²) in [4.78, 5) is 0. The quantitative estimate of drug-likeness (QED) is 0.382. The van der Waals surface area contributed by atoms with Crippen molar-refractivity contribution in [2.45, 2.75) is 77.8 Å². The molecule has 148 valence electrons. The van der Waals surface area contributed by atoms with Gasteiger partial charge in [-0.15, -0.1) is 0 Å². The largest absolute Gasteiger partial charge is 0.455 e. The van der Waals surface area contributed by atoms with Crippen LogP contribution in [0.25, 0.3) is 0 Å². The second kappa shape index (κ2) is 9.86. The zero-order valence-electron chi connectivity index (χ0n) is 18.3. The molecule has 0 saturated heterocycles. The lowest BCUT2D eigenvalue weighted by molar-refractivity contribution is 0.530. The highest BCUT2D eigenvalue weighted by Crippen LogP contribution is 2.25. The van der Waals surface area contributed by atoms with Crippen LogP contribution in [0.1, 0.15) is 35.1 Å². The Morgan fingerprint density at radius 2 is 1.07 bits per heavy atom. The predicted octanol–water partition coefficient (Wildman–Crippen LogP) is 7.30. The van der Waals surface area contributed by atoms with Gasteiger partial charge in [-0.2, -0.15) is 0 Å². The standard InChI is InChI=1S/C24H38OSi2/c1-21-11-7-13-23(19-21)15-9-17-26(3,4)25-27(5,6)18-10-16-24-14-8-12-22(2)20-24/h7-8,11-14,19-20H,9-10,15-18H2,1-6H3. The van der Waals surface area contributed by atoms with Crippen molar-refractivity contribution in [2.24, 2.45) is 0 Å². The summed E-state index contributed by atoms with van der Waals surface area (Å²) < 4.78 is 6.83. The Hall–Kier alpha value is -1.17. The maximum Gasteiger partial charge on any atom is 0.173 e. The zero-order valence-corrected chi connectivity index (χ0v) is 20.3. The van der Waals surface area contributed by atoms with Crippen molar-refractivity contribution in [1.29, 1.82) is 0 Å². The molecule has 0 amide bonds. The van der Waals surface area contributed by atoms with Gasteiger partial charge >= 0.3 is 0 Å². The monoisotopic (exact) mass is 398 g/mol. The summed E-state index contributed by atoms with van der Waals surface area (Å²) in [6, 6.07) is 20.4. The Morgan fingerprint density at radius 1 is 0.667 bits per heavy atom. The minimum absolute atomic E-state index is 1.18. The highest BCUT2D eigenvalue weighted by atomic mass is 28.4. The van der Waals surface area contributed by atoms with E-state index >= 15 is 0 Å². The molecule has 1 nitrogen and oxygen atoms in total. The van der Waals surface area contributed by atoms with Gasteiger partial charge in [0.25, 0.3) is 0 Å². The number of aryl methyl sites for hydroxylation is 4. The first-order valence-electron chi connectivity index (χ1n) is 10.5. The minimum Gasteiger partial charge on any atom is -0.455 e. The first-order valence-corrected chi connectivity index (χ1v) is 16.7. The lowest BCUT2D eigenvalue weighted by atomic mass is 10.1. The van der Waals surface area contributed by atoms with Crippen LogP contribution in [0.5, 0.6) is 0 Å². The predicted molar refractivity (Wildman–Crippen MR) is 125 cm³/mol. The van der Waals surface area contributed by atoms with Gasteiger partial charge in [-0.25, -0.2) is 0 Å². The maximum atomic E-state index is 6.83. The highest BCUT2D eigenvalue weighted by Gasteiger charge is 2.32.